The minimum Gasteiger partial charge on any atom is -0.336 e. The Kier molecular flexibility index (Phi) is 4.67. The van der Waals surface area contributed by atoms with Gasteiger partial charge < -0.3 is 4.90 Å². The fraction of sp³-hybridized carbons (Fsp3) is 0.462. The fourth-order valence-corrected chi connectivity index (χ4v) is 3.43. The van der Waals surface area contributed by atoms with Gasteiger partial charge in [0.15, 0.2) is 0 Å². The molecule has 0 unspecified atom stereocenters. The summed E-state index contributed by atoms with van der Waals surface area (Å²) < 4.78 is 24.9. The first-order chi connectivity index (χ1) is 9.44. The number of sulfonamides is 1. The van der Waals surface area contributed by atoms with Crippen LogP contribution in [0, 0.1) is 0 Å². The summed E-state index contributed by atoms with van der Waals surface area (Å²) >= 11 is 5.87. The van der Waals surface area contributed by atoms with Gasteiger partial charge in [0, 0.05) is 36.8 Å². The van der Waals surface area contributed by atoms with Crippen molar-refractivity contribution >= 4 is 27.5 Å². The monoisotopic (exact) mass is 316 g/mol. The zero-order valence-corrected chi connectivity index (χ0v) is 12.8. The Bertz CT molecular complexity index is 595. The molecule has 20 heavy (non-hydrogen) atoms. The minimum atomic E-state index is -3.17. The molecule has 1 heterocycles. The van der Waals surface area contributed by atoms with Crippen molar-refractivity contribution in [3.8, 4) is 0 Å². The molecule has 0 bridgehead atoms. The third kappa shape index (κ3) is 3.31. The molecular weight excluding hydrogens is 300 g/mol. The molecule has 110 valence electrons. The highest BCUT2D eigenvalue weighted by atomic mass is 35.5. The van der Waals surface area contributed by atoms with Gasteiger partial charge in [-0.05, 0) is 25.1 Å². The molecule has 0 saturated carbocycles. The molecule has 1 aliphatic rings. The Morgan fingerprint density at radius 2 is 1.90 bits per heavy atom. The molecule has 1 saturated heterocycles. The number of piperazine rings is 1. The van der Waals surface area contributed by atoms with Crippen LogP contribution in [-0.2, 0) is 10.0 Å². The molecule has 2 rings (SSSR count). The summed E-state index contributed by atoms with van der Waals surface area (Å²) in [6.07, 6.45) is 0. The number of benzene rings is 1. The quantitative estimate of drug-likeness (QED) is 0.848. The van der Waals surface area contributed by atoms with Gasteiger partial charge in [-0.1, -0.05) is 17.7 Å². The van der Waals surface area contributed by atoms with Crippen LogP contribution in [0.1, 0.15) is 17.3 Å². The van der Waals surface area contributed by atoms with Crippen molar-refractivity contribution in [2.75, 3.05) is 31.9 Å². The van der Waals surface area contributed by atoms with E-state index in [4.69, 9.17) is 11.6 Å². The zero-order valence-electron chi connectivity index (χ0n) is 11.3. The third-order valence-electron chi connectivity index (χ3n) is 3.36. The Morgan fingerprint density at radius 3 is 2.45 bits per heavy atom. The van der Waals surface area contributed by atoms with Gasteiger partial charge in [-0.3, -0.25) is 4.79 Å². The SMILES string of the molecule is CCS(=O)(=O)N1CCN(C(=O)c2cccc(Cl)c2)CC1. The lowest BCUT2D eigenvalue weighted by molar-refractivity contribution is 0.0698. The van der Waals surface area contributed by atoms with E-state index < -0.39 is 10.0 Å². The fourth-order valence-electron chi connectivity index (χ4n) is 2.16. The predicted molar refractivity (Wildman–Crippen MR) is 78.4 cm³/mol. The van der Waals surface area contributed by atoms with Gasteiger partial charge in [0.25, 0.3) is 5.91 Å². The molecule has 1 aliphatic heterocycles. The molecule has 0 aliphatic carbocycles. The van der Waals surface area contributed by atoms with Crippen molar-refractivity contribution in [1.82, 2.24) is 9.21 Å². The van der Waals surface area contributed by atoms with Gasteiger partial charge in [-0.2, -0.15) is 4.31 Å². The van der Waals surface area contributed by atoms with Crippen molar-refractivity contribution < 1.29 is 13.2 Å². The van der Waals surface area contributed by atoms with Crippen molar-refractivity contribution in [3.05, 3.63) is 34.9 Å². The van der Waals surface area contributed by atoms with Gasteiger partial charge in [-0.15, -0.1) is 0 Å². The Hall–Kier alpha value is -1.11. The van der Waals surface area contributed by atoms with E-state index in [1.54, 1.807) is 36.1 Å². The van der Waals surface area contributed by atoms with Gasteiger partial charge in [0.2, 0.25) is 10.0 Å². The second-order valence-corrected chi connectivity index (χ2v) is 7.30. The highest BCUT2D eigenvalue weighted by Gasteiger charge is 2.27. The second kappa shape index (κ2) is 6.11. The molecule has 0 N–H and O–H groups in total. The van der Waals surface area contributed by atoms with E-state index in [0.717, 1.165) is 0 Å². The van der Waals surface area contributed by atoms with Crippen LogP contribution in [0.5, 0.6) is 0 Å². The number of carbonyl (C=O) groups excluding carboxylic acids is 1. The molecule has 7 heteroatoms. The summed E-state index contributed by atoms with van der Waals surface area (Å²) in [4.78, 5) is 13.9. The maximum absolute atomic E-state index is 12.3. The van der Waals surface area contributed by atoms with Crippen LogP contribution in [0.15, 0.2) is 24.3 Å². The van der Waals surface area contributed by atoms with E-state index >= 15 is 0 Å². The highest BCUT2D eigenvalue weighted by Crippen LogP contribution is 2.15. The van der Waals surface area contributed by atoms with E-state index in [1.807, 2.05) is 0 Å². The number of hydrogen-bond donors (Lipinski definition) is 0. The lowest BCUT2D eigenvalue weighted by Crippen LogP contribution is -2.50. The van der Waals surface area contributed by atoms with Gasteiger partial charge >= 0.3 is 0 Å². The summed E-state index contributed by atoms with van der Waals surface area (Å²) in [6.45, 7) is 3.14. The maximum Gasteiger partial charge on any atom is 0.253 e. The Balaban J connectivity index is 2.02. The number of amides is 1. The smallest absolute Gasteiger partial charge is 0.253 e. The first-order valence-electron chi connectivity index (χ1n) is 6.46. The molecule has 5 nitrogen and oxygen atoms in total. The van der Waals surface area contributed by atoms with Crippen LogP contribution in [0.25, 0.3) is 0 Å². The van der Waals surface area contributed by atoms with E-state index in [0.29, 0.717) is 36.8 Å². The summed E-state index contributed by atoms with van der Waals surface area (Å²) in [5, 5.41) is 0.517. The summed E-state index contributed by atoms with van der Waals surface area (Å²) in [5.41, 5.74) is 0.532. The lowest BCUT2D eigenvalue weighted by Gasteiger charge is -2.33. The van der Waals surface area contributed by atoms with Crippen LogP contribution in [0.3, 0.4) is 0 Å². The van der Waals surface area contributed by atoms with Crippen molar-refractivity contribution in [2.45, 2.75) is 6.92 Å². The van der Waals surface area contributed by atoms with Crippen molar-refractivity contribution in [2.24, 2.45) is 0 Å². The summed E-state index contributed by atoms with van der Waals surface area (Å²) in [6, 6.07) is 6.78. The van der Waals surface area contributed by atoms with E-state index in [1.165, 1.54) is 4.31 Å². The predicted octanol–water partition coefficient (Wildman–Crippen LogP) is 1.45. The van der Waals surface area contributed by atoms with E-state index in [9.17, 15) is 13.2 Å². The molecule has 1 amide bonds. The molecule has 0 aromatic heterocycles. The average molecular weight is 317 g/mol. The van der Waals surface area contributed by atoms with Crippen molar-refractivity contribution in [1.29, 1.82) is 0 Å². The molecule has 0 atom stereocenters. The molecule has 1 aromatic rings. The van der Waals surface area contributed by atoms with Crippen LogP contribution >= 0.6 is 11.6 Å². The van der Waals surface area contributed by atoms with Crippen molar-refractivity contribution in [3.63, 3.8) is 0 Å². The molecular formula is C13H17ClN2O3S. The molecule has 0 radical (unpaired) electrons. The number of hydrogen-bond acceptors (Lipinski definition) is 3. The van der Waals surface area contributed by atoms with Crippen LogP contribution < -0.4 is 0 Å². The average Bonchev–Trinajstić information content (AvgIpc) is 2.46. The molecule has 1 fully saturated rings. The Labute approximate surface area is 124 Å². The first-order valence-corrected chi connectivity index (χ1v) is 8.45. The van der Waals surface area contributed by atoms with Crippen LogP contribution in [0.2, 0.25) is 5.02 Å². The van der Waals surface area contributed by atoms with Crippen LogP contribution in [0.4, 0.5) is 0 Å². The minimum absolute atomic E-state index is 0.0925. The third-order valence-corrected chi connectivity index (χ3v) is 5.47. The van der Waals surface area contributed by atoms with Crippen LogP contribution in [-0.4, -0.2) is 55.5 Å². The maximum atomic E-state index is 12.3. The molecule has 0 spiro atoms. The number of carbonyl (C=O) groups is 1. The lowest BCUT2D eigenvalue weighted by atomic mass is 10.2. The largest absolute Gasteiger partial charge is 0.336 e. The van der Waals surface area contributed by atoms with Gasteiger partial charge in [0.05, 0.1) is 5.75 Å². The second-order valence-electron chi connectivity index (χ2n) is 4.60. The standard InChI is InChI=1S/C13H17ClN2O3S/c1-2-20(18,19)16-8-6-15(7-9-16)13(17)11-4-3-5-12(14)10-11/h3-5,10H,2,6-9H2,1H3. The summed E-state index contributed by atoms with van der Waals surface area (Å²) in [7, 11) is -3.17. The van der Waals surface area contributed by atoms with Gasteiger partial charge in [0.1, 0.15) is 0 Å². The van der Waals surface area contributed by atoms with E-state index in [-0.39, 0.29) is 11.7 Å². The number of rotatable bonds is 3. The zero-order chi connectivity index (χ0) is 14.8. The highest BCUT2D eigenvalue weighted by molar-refractivity contribution is 7.89. The molecule has 1 aromatic carbocycles. The topological polar surface area (TPSA) is 57.7 Å². The summed E-state index contributed by atoms with van der Waals surface area (Å²) in [5.74, 6) is -0.0176. The van der Waals surface area contributed by atoms with Gasteiger partial charge in [-0.25, -0.2) is 8.42 Å². The number of halogens is 1. The normalized spacial score (nSPS) is 17.2. The first kappa shape index (κ1) is 15.3. The van der Waals surface area contributed by atoms with E-state index in [2.05, 4.69) is 0 Å². The number of nitrogens with zero attached hydrogens (tertiary/aromatic N) is 2. The Morgan fingerprint density at radius 1 is 1.25 bits per heavy atom.